The molecule has 0 atom stereocenters. The van der Waals surface area contributed by atoms with E-state index in [1.807, 2.05) is 40.7 Å². The molecule has 2 aromatic rings. The second kappa shape index (κ2) is 7.89. The highest BCUT2D eigenvalue weighted by molar-refractivity contribution is 7.93. The summed E-state index contributed by atoms with van der Waals surface area (Å²) in [6.07, 6.45) is 1.52. The van der Waals surface area contributed by atoms with Gasteiger partial charge in [-0.2, -0.15) is 0 Å². The molecule has 1 aliphatic heterocycles. The van der Waals surface area contributed by atoms with Gasteiger partial charge < -0.3 is 0 Å². The normalized spacial score (nSPS) is 14.5. The number of anilines is 2. The van der Waals surface area contributed by atoms with Gasteiger partial charge in [-0.05, 0) is 99.9 Å². The first-order chi connectivity index (χ1) is 13.9. The monoisotopic (exact) mass is 450 g/mol. The van der Waals surface area contributed by atoms with Crippen LogP contribution in [0.3, 0.4) is 0 Å². The number of sulfonamides is 2. The Morgan fingerprint density at radius 1 is 0.900 bits per heavy atom. The van der Waals surface area contributed by atoms with Gasteiger partial charge in [-0.25, -0.2) is 16.8 Å². The summed E-state index contributed by atoms with van der Waals surface area (Å²) in [7, 11) is -7.26. The Labute approximate surface area is 180 Å². The molecule has 0 spiro atoms. The van der Waals surface area contributed by atoms with Crippen molar-refractivity contribution in [2.24, 2.45) is 0 Å². The van der Waals surface area contributed by atoms with Gasteiger partial charge in [0.25, 0.3) is 10.0 Å². The van der Waals surface area contributed by atoms with Gasteiger partial charge in [-0.3, -0.25) is 9.03 Å². The molecule has 1 aliphatic rings. The van der Waals surface area contributed by atoms with Crippen molar-refractivity contribution in [3.63, 3.8) is 0 Å². The van der Waals surface area contributed by atoms with Crippen LogP contribution in [0.1, 0.15) is 46.7 Å². The maximum Gasteiger partial charge on any atom is 0.262 e. The lowest BCUT2D eigenvalue weighted by Crippen LogP contribution is -2.36. The van der Waals surface area contributed by atoms with E-state index in [9.17, 15) is 16.8 Å². The summed E-state index contributed by atoms with van der Waals surface area (Å²) >= 11 is 0. The van der Waals surface area contributed by atoms with E-state index < -0.39 is 20.0 Å². The third-order valence-electron chi connectivity index (χ3n) is 6.31. The van der Waals surface area contributed by atoms with E-state index in [1.165, 1.54) is 4.31 Å². The number of hydrogen-bond acceptors (Lipinski definition) is 4. The van der Waals surface area contributed by atoms with Crippen LogP contribution in [0.2, 0.25) is 0 Å². The van der Waals surface area contributed by atoms with Gasteiger partial charge in [-0.15, -0.1) is 0 Å². The standard InChI is InChI=1S/C22H30N2O4S2/c1-7-29(25,26)24-12-8-9-19-10-11-20(13-21(19)24)23-30(27,28)22-17(5)15(3)14(2)16(4)18(22)6/h10-11,13,23H,7-9,12H2,1-6H3. The Kier molecular flexibility index (Phi) is 5.95. The molecular formula is C22H30N2O4S2. The lowest BCUT2D eigenvalue weighted by atomic mass is 9.95. The first-order valence-electron chi connectivity index (χ1n) is 10.1. The fourth-order valence-electron chi connectivity index (χ4n) is 4.12. The predicted molar refractivity (Wildman–Crippen MR) is 123 cm³/mol. The van der Waals surface area contributed by atoms with Gasteiger partial charge >= 0.3 is 0 Å². The van der Waals surface area contributed by atoms with Crippen molar-refractivity contribution >= 4 is 31.4 Å². The number of nitrogens with zero attached hydrogens (tertiary/aromatic N) is 1. The topological polar surface area (TPSA) is 83.6 Å². The van der Waals surface area contributed by atoms with Gasteiger partial charge in [0, 0.05) is 6.54 Å². The van der Waals surface area contributed by atoms with Crippen LogP contribution < -0.4 is 9.03 Å². The molecule has 0 aromatic heterocycles. The molecule has 30 heavy (non-hydrogen) atoms. The maximum atomic E-state index is 13.3. The zero-order chi connectivity index (χ0) is 22.4. The highest BCUT2D eigenvalue weighted by atomic mass is 32.2. The Balaban J connectivity index is 2.07. The van der Waals surface area contributed by atoms with Gasteiger partial charge in [-0.1, -0.05) is 6.07 Å². The minimum Gasteiger partial charge on any atom is -0.280 e. The fraction of sp³-hybridized carbons (Fsp3) is 0.455. The smallest absolute Gasteiger partial charge is 0.262 e. The average Bonchev–Trinajstić information content (AvgIpc) is 2.69. The Morgan fingerprint density at radius 2 is 1.47 bits per heavy atom. The fourth-order valence-corrected chi connectivity index (χ4v) is 6.96. The van der Waals surface area contributed by atoms with E-state index in [-0.39, 0.29) is 5.75 Å². The van der Waals surface area contributed by atoms with Crippen LogP contribution in [-0.2, 0) is 26.5 Å². The van der Waals surface area contributed by atoms with E-state index >= 15 is 0 Å². The molecule has 2 aromatic carbocycles. The number of fused-ring (bicyclic) bond motifs is 1. The zero-order valence-corrected chi connectivity index (χ0v) is 20.1. The third-order valence-corrected chi connectivity index (χ3v) is 9.75. The van der Waals surface area contributed by atoms with Crippen LogP contribution in [0.15, 0.2) is 23.1 Å². The number of aryl methyl sites for hydroxylation is 1. The molecule has 0 aliphatic carbocycles. The molecule has 0 bridgehead atoms. The lowest BCUT2D eigenvalue weighted by molar-refractivity contribution is 0.587. The molecule has 0 saturated heterocycles. The van der Waals surface area contributed by atoms with E-state index in [1.54, 1.807) is 19.1 Å². The second-order valence-corrected chi connectivity index (χ2v) is 11.8. The average molecular weight is 451 g/mol. The van der Waals surface area contributed by atoms with Crippen LogP contribution >= 0.6 is 0 Å². The summed E-state index contributed by atoms with van der Waals surface area (Å²) in [5.74, 6) is 0.00268. The number of hydrogen-bond donors (Lipinski definition) is 1. The van der Waals surface area contributed by atoms with E-state index in [2.05, 4.69) is 4.72 Å². The predicted octanol–water partition coefficient (Wildman–Crippen LogP) is 4.13. The second-order valence-electron chi connectivity index (χ2n) is 7.98. The van der Waals surface area contributed by atoms with Crippen LogP contribution in [0, 0.1) is 34.6 Å². The molecule has 164 valence electrons. The van der Waals surface area contributed by atoms with Crippen molar-refractivity contribution in [3.05, 3.63) is 51.6 Å². The highest BCUT2D eigenvalue weighted by Gasteiger charge is 2.28. The summed E-state index contributed by atoms with van der Waals surface area (Å²) < 4.78 is 55.8. The Bertz CT molecular complexity index is 1190. The minimum atomic E-state index is -3.84. The maximum absolute atomic E-state index is 13.3. The van der Waals surface area contributed by atoms with Crippen molar-refractivity contribution in [1.29, 1.82) is 0 Å². The van der Waals surface area contributed by atoms with Crippen molar-refractivity contribution in [3.8, 4) is 0 Å². The van der Waals surface area contributed by atoms with E-state index in [0.29, 0.717) is 22.8 Å². The Morgan fingerprint density at radius 3 is 2.03 bits per heavy atom. The molecule has 0 fully saturated rings. The zero-order valence-electron chi connectivity index (χ0n) is 18.5. The molecule has 3 rings (SSSR count). The van der Waals surface area contributed by atoms with Crippen molar-refractivity contribution in [2.75, 3.05) is 21.3 Å². The summed E-state index contributed by atoms with van der Waals surface area (Å²) in [5.41, 5.74) is 6.32. The van der Waals surface area contributed by atoms with Crippen molar-refractivity contribution < 1.29 is 16.8 Å². The van der Waals surface area contributed by atoms with Crippen molar-refractivity contribution in [1.82, 2.24) is 0 Å². The molecule has 0 saturated carbocycles. The summed E-state index contributed by atoms with van der Waals surface area (Å²) in [6, 6.07) is 5.16. The molecule has 0 radical (unpaired) electrons. The summed E-state index contributed by atoms with van der Waals surface area (Å²) in [5, 5.41) is 0. The van der Waals surface area contributed by atoms with Crippen LogP contribution in [0.5, 0.6) is 0 Å². The van der Waals surface area contributed by atoms with Gasteiger partial charge in [0.05, 0.1) is 22.0 Å². The quantitative estimate of drug-likeness (QED) is 0.742. The summed E-state index contributed by atoms with van der Waals surface area (Å²) in [6.45, 7) is 11.5. The first kappa shape index (κ1) is 22.6. The van der Waals surface area contributed by atoms with Crippen LogP contribution in [-0.4, -0.2) is 29.1 Å². The van der Waals surface area contributed by atoms with Gasteiger partial charge in [0.1, 0.15) is 0 Å². The van der Waals surface area contributed by atoms with Crippen LogP contribution in [0.4, 0.5) is 11.4 Å². The van der Waals surface area contributed by atoms with Gasteiger partial charge in [0.2, 0.25) is 10.0 Å². The largest absolute Gasteiger partial charge is 0.280 e. The number of benzene rings is 2. The molecule has 6 nitrogen and oxygen atoms in total. The first-order valence-corrected chi connectivity index (χ1v) is 13.2. The SMILES string of the molecule is CCS(=O)(=O)N1CCCc2ccc(NS(=O)(=O)c3c(C)c(C)c(C)c(C)c3C)cc21. The minimum absolute atomic E-state index is 0.00268. The number of nitrogens with one attached hydrogen (secondary N) is 1. The molecule has 1 N–H and O–H groups in total. The number of rotatable bonds is 5. The molecule has 0 unspecified atom stereocenters. The lowest BCUT2D eigenvalue weighted by Gasteiger charge is -2.30. The summed E-state index contributed by atoms with van der Waals surface area (Å²) in [4.78, 5) is 0.291. The van der Waals surface area contributed by atoms with Gasteiger partial charge in [0.15, 0.2) is 0 Å². The third kappa shape index (κ3) is 3.83. The van der Waals surface area contributed by atoms with Crippen molar-refractivity contribution in [2.45, 2.75) is 59.3 Å². The molecule has 1 heterocycles. The van der Waals surface area contributed by atoms with Crippen LogP contribution in [0.25, 0.3) is 0 Å². The molecular weight excluding hydrogens is 420 g/mol. The molecule has 8 heteroatoms. The highest BCUT2D eigenvalue weighted by Crippen LogP contribution is 2.34. The Hall–Kier alpha value is -2.06. The van der Waals surface area contributed by atoms with E-state index in [4.69, 9.17) is 0 Å². The molecule has 0 amide bonds. The van der Waals surface area contributed by atoms with E-state index in [0.717, 1.165) is 46.2 Å².